The Kier molecular flexibility index (Phi) is 8.84. The number of imidazole rings is 1. The highest BCUT2D eigenvalue weighted by molar-refractivity contribution is 7.90. The summed E-state index contributed by atoms with van der Waals surface area (Å²) in [5, 5.41) is 4.08. The summed E-state index contributed by atoms with van der Waals surface area (Å²) >= 11 is 11.8. The van der Waals surface area contributed by atoms with Crippen molar-refractivity contribution in [2.24, 2.45) is 0 Å². The van der Waals surface area contributed by atoms with Crippen LogP contribution in [0.1, 0.15) is 44.0 Å². The van der Waals surface area contributed by atoms with Crippen LogP contribution in [0.4, 0.5) is 10.1 Å². The highest BCUT2D eigenvalue weighted by Gasteiger charge is 2.28. The van der Waals surface area contributed by atoms with Crippen LogP contribution >= 0.6 is 23.8 Å². The van der Waals surface area contributed by atoms with Gasteiger partial charge in [-0.15, -0.1) is 0 Å². The van der Waals surface area contributed by atoms with Gasteiger partial charge in [0.1, 0.15) is 5.82 Å². The minimum Gasteiger partial charge on any atom is -0.376 e. The van der Waals surface area contributed by atoms with Crippen LogP contribution in [0.25, 0.3) is 0 Å². The van der Waals surface area contributed by atoms with Crippen LogP contribution in [0, 0.1) is 5.82 Å². The molecule has 2 heterocycles. The van der Waals surface area contributed by atoms with Gasteiger partial charge in [0, 0.05) is 29.9 Å². The van der Waals surface area contributed by atoms with Gasteiger partial charge in [0.05, 0.1) is 30.3 Å². The second-order valence-electron chi connectivity index (χ2n) is 9.34. The maximum Gasteiger partial charge on any atom is 0.228 e. The summed E-state index contributed by atoms with van der Waals surface area (Å²) in [7, 11) is -3.75. The molecular formula is C26H30ClFN4O3S2. The number of ether oxygens (including phenoxy) is 1. The lowest BCUT2D eigenvalue weighted by atomic mass is 10.2. The van der Waals surface area contributed by atoms with Gasteiger partial charge >= 0.3 is 0 Å². The molecule has 0 amide bonds. The van der Waals surface area contributed by atoms with Gasteiger partial charge in [-0.25, -0.2) is 17.8 Å². The van der Waals surface area contributed by atoms with Crippen molar-refractivity contribution in [2.75, 3.05) is 18.5 Å². The molecule has 1 aliphatic rings. The first-order valence-electron chi connectivity index (χ1n) is 12.1. The molecule has 11 heteroatoms. The van der Waals surface area contributed by atoms with Crippen LogP contribution < -0.4 is 5.32 Å². The van der Waals surface area contributed by atoms with Gasteiger partial charge in [0.15, 0.2) is 5.11 Å². The molecular weight excluding hydrogens is 535 g/mol. The number of benzene rings is 2. The fourth-order valence-corrected chi connectivity index (χ4v) is 6.43. The van der Waals surface area contributed by atoms with Crippen LogP contribution in [0.15, 0.2) is 59.9 Å². The minimum atomic E-state index is -3.75. The van der Waals surface area contributed by atoms with Crippen molar-refractivity contribution in [1.82, 2.24) is 14.5 Å². The standard InChI is InChI=1S/C26H30ClFN4O3S2/c1-18(2)32-23(14-29-26(32)37(33,34)17-19-5-3-6-20(27)13-19)15-31(16-24-7-4-12-35-24)25(36)30-22-10-8-21(28)9-11-22/h3,5-6,8-11,13-14,18,24H,4,7,12,15-17H2,1-2H3,(H,30,36)/t24-/m1/s1. The maximum absolute atomic E-state index is 13.4. The molecule has 7 nitrogen and oxygen atoms in total. The van der Waals surface area contributed by atoms with E-state index in [1.807, 2.05) is 18.7 Å². The molecule has 1 saturated heterocycles. The summed E-state index contributed by atoms with van der Waals surface area (Å²) in [4.78, 5) is 6.29. The Bertz CT molecular complexity index is 1340. The second kappa shape index (κ2) is 11.9. The van der Waals surface area contributed by atoms with Crippen LogP contribution in [-0.4, -0.2) is 47.2 Å². The Morgan fingerprint density at radius 1 is 1.30 bits per heavy atom. The molecule has 0 aliphatic carbocycles. The molecule has 4 rings (SSSR count). The lowest BCUT2D eigenvalue weighted by Gasteiger charge is -2.29. The zero-order chi connectivity index (χ0) is 26.6. The topological polar surface area (TPSA) is 76.5 Å². The lowest BCUT2D eigenvalue weighted by molar-refractivity contribution is 0.0900. The molecule has 2 aromatic carbocycles. The third kappa shape index (κ3) is 7.07. The molecule has 0 unspecified atom stereocenters. The molecule has 1 aliphatic heterocycles. The fourth-order valence-electron chi connectivity index (χ4n) is 4.37. The number of sulfone groups is 1. The third-order valence-electron chi connectivity index (χ3n) is 6.06. The predicted octanol–water partition coefficient (Wildman–Crippen LogP) is 5.61. The Labute approximate surface area is 227 Å². The van der Waals surface area contributed by atoms with E-state index in [0.717, 1.165) is 12.8 Å². The van der Waals surface area contributed by atoms with E-state index in [-0.39, 0.29) is 28.9 Å². The number of anilines is 1. The number of thiocarbonyl (C=S) groups is 1. The van der Waals surface area contributed by atoms with Gasteiger partial charge in [-0.1, -0.05) is 23.7 Å². The molecule has 0 saturated carbocycles. The monoisotopic (exact) mass is 564 g/mol. The van der Waals surface area contributed by atoms with Crippen molar-refractivity contribution in [3.05, 3.63) is 76.8 Å². The molecule has 3 aromatic rings. The number of nitrogens with one attached hydrogen (secondary N) is 1. The number of rotatable bonds is 9. The van der Waals surface area contributed by atoms with Gasteiger partial charge in [-0.05, 0) is 80.9 Å². The van der Waals surface area contributed by atoms with Crippen LogP contribution in [0.2, 0.25) is 5.02 Å². The fraction of sp³-hybridized carbons (Fsp3) is 0.385. The summed E-state index contributed by atoms with van der Waals surface area (Å²) in [5.74, 6) is -0.541. The van der Waals surface area contributed by atoms with Crippen molar-refractivity contribution < 1.29 is 17.5 Å². The Morgan fingerprint density at radius 3 is 2.70 bits per heavy atom. The van der Waals surface area contributed by atoms with Crippen molar-refractivity contribution >= 4 is 44.5 Å². The Balaban J connectivity index is 1.60. The van der Waals surface area contributed by atoms with Gasteiger partial charge in [0.25, 0.3) is 0 Å². The first-order chi connectivity index (χ1) is 17.6. The zero-order valence-electron chi connectivity index (χ0n) is 20.7. The van der Waals surface area contributed by atoms with Crippen molar-refractivity contribution in [3.8, 4) is 0 Å². The largest absolute Gasteiger partial charge is 0.376 e. The van der Waals surface area contributed by atoms with Crippen LogP contribution in [0.3, 0.4) is 0 Å². The molecule has 1 N–H and O–H groups in total. The number of aromatic nitrogens is 2. The maximum atomic E-state index is 13.4. The van der Waals surface area contributed by atoms with E-state index in [9.17, 15) is 12.8 Å². The van der Waals surface area contributed by atoms with Gasteiger partial charge in [-0.2, -0.15) is 0 Å². The highest BCUT2D eigenvalue weighted by atomic mass is 35.5. The zero-order valence-corrected chi connectivity index (χ0v) is 23.1. The van der Waals surface area contributed by atoms with E-state index >= 15 is 0 Å². The SMILES string of the molecule is CC(C)n1c(CN(C[C@H]2CCCO2)C(=S)Nc2ccc(F)cc2)cnc1S(=O)(=O)Cc1cccc(Cl)c1. The molecule has 37 heavy (non-hydrogen) atoms. The van der Waals surface area contributed by atoms with E-state index < -0.39 is 9.84 Å². The predicted molar refractivity (Wildman–Crippen MR) is 147 cm³/mol. The number of nitrogens with zero attached hydrogens (tertiary/aromatic N) is 3. The van der Waals surface area contributed by atoms with E-state index in [1.54, 1.807) is 47.2 Å². The first kappa shape index (κ1) is 27.5. The van der Waals surface area contributed by atoms with Crippen LogP contribution in [-0.2, 0) is 26.9 Å². The molecule has 198 valence electrons. The molecule has 0 bridgehead atoms. The molecule has 0 radical (unpaired) electrons. The number of halogens is 2. The highest BCUT2D eigenvalue weighted by Crippen LogP contribution is 2.25. The van der Waals surface area contributed by atoms with E-state index in [0.29, 0.717) is 46.8 Å². The summed E-state index contributed by atoms with van der Waals surface area (Å²) in [6.07, 6.45) is 3.49. The molecule has 0 spiro atoms. The average molecular weight is 565 g/mol. The van der Waals surface area contributed by atoms with E-state index in [2.05, 4.69) is 10.3 Å². The molecule has 1 fully saturated rings. The summed E-state index contributed by atoms with van der Waals surface area (Å²) in [6, 6.07) is 12.6. The Morgan fingerprint density at radius 2 is 2.05 bits per heavy atom. The first-order valence-corrected chi connectivity index (χ1v) is 14.5. The quantitative estimate of drug-likeness (QED) is 0.339. The normalized spacial score (nSPS) is 15.8. The Hall–Kier alpha value is -2.53. The van der Waals surface area contributed by atoms with Gasteiger partial charge in [-0.3, -0.25) is 0 Å². The second-order valence-corrected chi connectivity index (χ2v) is 12.0. The van der Waals surface area contributed by atoms with Gasteiger partial charge < -0.3 is 19.5 Å². The third-order valence-corrected chi connectivity index (χ3v) is 8.23. The lowest BCUT2D eigenvalue weighted by Crippen LogP contribution is -2.40. The van der Waals surface area contributed by atoms with Gasteiger partial charge in [0.2, 0.25) is 15.0 Å². The summed E-state index contributed by atoms with van der Waals surface area (Å²) < 4.78 is 47.7. The number of hydrogen-bond acceptors (Lipinski definition) is 5. The van der Waals surface area contributed by atoms with Crippen LogP contribution in [0.5, 0.6) is 0 Å². The van der Waals surface area contributed by atoms with Crippen molar-refractivity contribution in [1.29, 1.82) is 0 Å². The average Bonchev–Trinajstić information content (AvgIpc) is 3.50. The molecule has 1 atom stereocenters. The minimum absolute atomic E-state index is 0.00644. The van der Waals surface area contributed by atoms with E-state index in [1.165, 1.54) is 12.1 Å². The smallest absolute Gasteiger partial charge is 0.228 e. The number of hydrogen-bond donors (Lipinski definition) is 1. The molecule has 1 aromatic heterocycles. The van der Waals surface area contributed by atoms with Crippen molar-refractivity contribution in [3.63, 3.8) is 0 Å². The van der Waals surface area contributed by atoms with Crippen molar-refractivity contribution in [2.45, 2.75) is 56.3 Å². The van der Waals surface area contributed by atoms with E-state index in [4.69, 9.17) is 28.6 Å². The summed E-state index contributed by atoms with van der Waals surface area (Å²) in [6.45, 7) is 5.39. The summed E-state index contributed by atoms with van der Waals surface area (Å²) in [5.41, 5.74) is 1.96.